The molecule has 0 aromatic carbocycles. The summed E-state index contributed by atoms with van der Waals surface area (Å²) in [6.07, 6.45) is 6.83. The fourth-order valence-electron chi connectivity index (χ4n) is 1.76. The number of hydrogen-bond acceptors (Lipinski definition) is 2. The first-order valence-corrected chi connectivity index (χ1v) is 6.09. The monoisotopic (exact) mass is 187 g/mol. The van der Waals surface area contributed by atoms with E-state index in [1.807, 2.05) is 0 Å². The van der Waals surface area contributed by atoms with E-state index in [0.717, 1.165) is 11.7 Å². The third kappa shape index (κ3) is 2.98. The molecule has 0 heterocycles. The van der Waals surface area contributed by atoms with Crippen molar-refractivity contribution in [3.63, 3.8) is 0 Å². The van der Waals surface area contributed by atoms with E-state index in [0.29, 0.717) is 11.3 Å². The van der Waals surface area contributed by atoms with Gasteiger partial charge in [-0.1, -0.05) is 26.7 Å². The van der Waals surface area contributed by atoms with Gasteiger partial charge in [0.05, 0.1) is 0 Å². The summed E-state index contributed by atoms with van der Waals surface area (Å²) in [5.41, 5.74) is 5.97. The Balaban J connectivity index is 2.19. The van der Waals surface area contributed by atoms with E-state index in [2.05, 4.69) is 25.6 Å². The average Bonchev–Trinajstić information content (AvgIpc) is 2.55. The van der Waals surface area contributed by atoms with Crippen molar-refractivity contribution in [3.8, 4) is 0 Å². The minimum absolute atomic E-state index is 0.399. The van der Waals surface area contributed by atoms with Crippen LogP contribution in [-0.2, 0) is 0 Å². The predicted molar refractivity (Wildman–Crippen MR) is 57.6 cm³/mol. The van der Waals surface area contributed by atoms with Gasteiger partial charge in [0, 0.05) is 16.5 Å². The first kappa shape index (κ1) is 10.4. The maximum absolute atomic E-state index is 5.97. The topological polar surface area (TPSA) is 26.0 Å². The zero-order valence-corrected chi connectivity index (χ0v) is 9.07. The molecule has 12 heavy (non-hydrogen) atoms. The lowest BCUT2D eigenvalue weighted by Gasteiger charge is -2.21. The number of thioether (sulfide) groups is 1. The molecular formula is C10H21NS. The molecule has 1 saturated carbocycles. The van der Waals surface area contributed by atoms with Crippen LogP contribution in [0.3, 0.4) is 0 Å². The van der Waals surface area contributed by atoms with Gasteiger partial charge in [-0.05, 0) is 19.3 Å². The van der Waals surface area contributed by atoms with Gasteiger partial charge >= 0.3 is 0 Å². The smallest absolute Gasteiger partial charge is 0.0173 e. The molecule has 72 valence electrons. The fourth-order valence-corrected chi connectivity index (χ4v) is 3.37. The lowest BCUT2D eigenvalue weighted by molar-refractivity contribution is 0.639. The van der Waals surface area contributed by atoms with Crippen LogP contribution in [-0.4, -0.2) is 16.5 Å². The summed E-state index contributed by atoms with van der Waals surface area (Å²) in [4.78, 5) is 0. The molecule has 2 heteroatoms. The van der Waals surface area contributed by atoms with Gasteiger partial charge in [0.1, 0.15) is 0 Å². The molecule has 1 aliphatic carbocycles. The maximum atomic E-state index is 5.97. The molecule has 0 saturated heterocycles. The third-order valence-corrected chi connectivity index (χ3v) is 4.42. The molecule has 1 aliphatic rings. The van der Waals surface area contributed by atoms with Crippen LogP contribution in [0.25, 0.3) is 0 Å². The Kier molecular flexibility index (Phi) is 4.44. The standard InChI is InChI=1S/C10H21NS/c1-3-10(11)8(2)12-9-6-4-5-7-9/h8-10H,3-7,11H2,1-2H3. The molecule has 0 aromatic rings. The van der Waals surface area contributed by atoms with Crippen molar-refractivity contribution in [2.75, 3.05) is 0 Å². The summed E-state index contributed by atoms with van der Waals surface area (Å²) >= 11 is 2.11. The predicted octanol–water partition coefficient (Wildman–Crippen LogP) is 2.79. The SMILES string of the molecule is CCC(N)C(C)SC1CCCC1. The highest BCUT2D eigenvalue weighted by Gasteiger charge is 2.20. The summed E-state index contributed by atoms with van der Waals surface area (Å²) in [5.74, 6) is 0. The summed E-state index contributed by atoms with van der Waals surface area (Å²) in [5, 5.41) is 1.57. The van der Waals surface area contributed by atoms with Crippen molar-refractivity contribution >= 4 is 11.8 Å². The second-order valence-corrected chi connectivity index (χ2v) is 5.50. The van der Waals surface area contributed by atoms with Crippen LogP contribution in [0, 0.1) is 0 Å². The van der Waals surface area contributed by atoms with Gasteiger partial charge in [0.2, 0.25) is 0 Å². The maximum Gasteiger partial charge on any atom is 0.0173 e. The van der Waals surface area contributed by atoms with E-state index in [1.165, 1.54) is 25.7 Å². The highest BCUT2D eigenvalue weighted by atomic mass is 32.2. The lowest BCUT2D eigenvalue weighted by Crippen LogP contribution is -2.30. The Hall–Kier alpha value is 0.310. The van der Waals surface area contributed by atoms with E-state index in [1.54, 1.807) is 0 Å². The Morgan fingerprint density at radius 3 is 2.50 bits per heavy atom. The molecule has 2 N–H and O–H groups in total. The first-order chi connectivity index (χ1) is 5.74. The Morgan fingerprint density at radius 2 is 2.00 bits per heavy atom. The van der Waals surface area contributed by atoms with Crippen molar-refractivity contribution in [1.29, 1.82) is 0 Å². The number of hydrogen-bond donors (Lipinski definition) is 1. The average molecular weight is 187 g/mol. The Bertz CT molecular complexity index is 121. The minimum atomic E-state index is 0.399. The van der Waals surface area contributed by atoms with E-state index < -0.39 is 0 Å². The van der Waals surface area contributed by atoms with Gasteiger partial charge in [-0.2, -0.15) is 11.8 Å². The number of rotatable bonds is 4. The van der Waals surface area contributed by atoms with Crippen molar-refractivity contribution in [3.05, 3.63) is 0 Å². The van der Waals surface area contributed by atoms with Gasteiger partial charge in [0.25, 0.3) is 0 Å². The molecule has 0 amide bonds. The van der Waals surface area contributed by atoms with Crippen LogP contribution in [0.2, 0.25) is 0 Å². The second-order valence-electron chi connectivity index (χ2n) is 3.82. The summed E-state index contributed by atoms with van der Waals surface area (Å²) in [7, 11) is 0. The lowest BCUT2D eigenvalue weighted by atomic mass is 10.2. The van der Waals surface area contributed by atoms with E-state index in [4.69, 9.17) is 5.73 Å². The summed E-state index contributed by atoms with van der Waals surface area (Å²) in [6, 6.07) is 0.399. The van der Waals surface area contributed by atoms with Gasteiger partial charge < -0.3 is 5.73 Å². The summed E-state index contributed by atoms with van der Waals surface area (Å²) < 4.78 is 0. The molecule has 1 nitrogen and oxygen atoms in total. The highest BCUT2D eigenvalue weighted by molar-refractivity contribution is 8.00. The second kappa shape index (κ2) is 5.13. The Morgan fingerprint density at radius 1 is 1.42 bits per heavy atom. The van der Waals surface area contributed by atoms with Gasteiger partial charge in [-0.3, -0.25) is 0 Å². The molecule has 2 unspecified atom stereocenters. The van der Waals surface area contributed by atoms with Crippen molar-refractivity contribution in [2.45, 2.75) is 62.5 Å². The normalized spacial score (nSPS) is 24.2. The van der Waals surface area contributed by atoms with E-state index >= 15 is 0 Å². The van der Waals surface area contributed by atoms with Gasteiger partial charge in [0.15, 0.2) is 0 Å². The van der Waals surface area contributed by atoms with Crippen LogP contribution in [0.5, 0.6) is 0 Å². The zero-order chi connectivity index (χ0) is 8.97. The fraction of sp³-hybridized carbons (Fsp3) is 1.00. The Labute approximate surface area is 80.5 Å². The molecular weight excluding hydrogens is 166 g/mol. The molecule has 0 aromatic heterocycles. The quantitative estimate of drug-likeness (QED) is 0.732. The van der Waals surface area contributed by atoms with Gasteiger partial charge in [-0.15, -0.1) is 0 Å². The summed E-state index contributed by atoms with van der Waals surface area (Å²) in [6.45, 7) is 4.45. The van der Waals surface area contributed by atoms with E-state index in [9.17, 15) is 0 Å². The van der Waals surface area contributed by atoms with Crippen molar-refractivity contribution < 1.29 is 0 Å². The molecule has 0 spiro atoms. The van der Waals surface area contributed by atoms with Crippen molar-refractivity contribution in [1.82, 2.24) is 0 Å². The minimum Gasteiger partial charge on any atom is -0.327 e. The molecule has 1 fully saturated rings. The molecule has 2 atom stereocenters. The van der Waals surface area contributed by atoms with Crippen LogP contribution in [0.15, 0.2) is 0 Å². The largest absolute Gasteiger partial charge is 0.327 e. The van der Waals surface area contributed by atoms with E-state index in [-0.39, 0.29) is 0 Å². The number of nitrogens with two attached hydrogens (primary N) is 1. The first-order valence-electron chi connectivity index (χ1n) is 5.15. The van der Waals surface area contributed by atoms with Crippen LogP contribution >= 0.6 is 11.8 Å². The highest BCUT2D eigenvalue weighted by Crippen LogP contribution is 2.33. The molecule has 1 rings (SSSR count). The van der Waals surface area contributed by atoms with Crippen LogP contribution in [0.4, 0.5) is 0 Å². The third-order valence-electron chi connectivity index (χ3n) is 2.78. The molecule has 0 aliphatic heterocycles. The molecule has 0 radical (unpaired) electrons. The molecule has 0 bridgehead atoms. The zero-order valence-electron chi connectivity index (χ0n) is 8.25. The van der Waals surface area contributed by atoms with Crippen molar-refractivity contribution in [2.24, 2.45) is 5.73 Å². The van der Waals surface area contributed by atoms with Crippen LogP contribution < -0.4 is 5.73 Å². The van der Waals surface area contributed by atoms with Crippen LogP contribution in [0.1, 0.15) is 46.0 Å². The van der Waals surface area contributed by atoms with Gasteiger partial charge in [-0.25, -0.2) is 0 Å².